The van der Waals surface area contributed by atoms with Crippen molar-refractivity contribution < 1.29 is 23.9 Å². The van der Waals surface area contributed by atoms with Crippen LogP contribution in [0, 0.1) is 5.92 Å². The number of nitrogens with one attached hydrogen (secondary N) is 1. The van der Waals surface area contributed by atoms with Crippen molar-refractivity contribution in [1.29, 1.82) is 0 Å². The molecular formula is C25H26N2O5. The number of carbonyl (C=O) groups is 4. The zero-order chi connectivity index (χ0) is 22.8. The molecule has 3 unspecified atom stereocenters. The summed E-state index contributed by atoms with van der Waals surface area (Å²) < 4.78 is 5.33. The van der Waals surface area contributed by atoms with Crippen LogP contribution in [0.3, 0.4) is 0 Å². The third-order valence-corrected chi connectivity index (χ3v) is 6.25. The van der Waals surface area contributed by atoms with E-state index in [-0.39, 0.29) is 17.5 Å². The molecule has 3 amide bonds. The second-order valence-corrected chi connectivity index (χ2v) is 8.46. The van der Waals surface area contributed by atoms with E-state index >= 15 is 0 Å². The van der Waals surface area contributed by atoms with Crippen LogP contribution in [-0.2, 0) is 9.53 Å². The van der Waals surface area contributed by atoms with Gasteiger partial charge < -0.3 is 10.1 Å². The molecule has 2 aromatic rings. The van der Waals surface area contributed by atoms with Crippen molar-refractivity contribution in [2.45, 2.75) is 51.7 Å². The minimum atomic E-state index is -0.924. The van der Waals surface area contributed by atoms with Crippen molar-refractivity contribution in [3.05, 3.63) is 65.2 Å². The molecule has 7 nitrogen and oxygen atoms in total. The topological polar surface area (TPSA) is 92.8 Å². The van der Waals surface area contributed by atoms with E-state index in [0.29, 0.717) is 22.7 Å². The van der Waals surface area contributed by atoms with Crippen LogP contribution in [0.4, 0.5) is 5.69 Å². The predicted octanol–water partition coefficient (Wildman–Crippen LogP) is 3.73. The summed E-state index contributed by atoms with van der Waals surface area (Å²) in [6.45, 7) is 3.67. The highest BCUT2D eigenvalue weighted by Gasteiger charge is 2.36. The van der Waals surface area contributed by atoms with Gasteiger partial charge in [-0.25, -0.2) is 9.69 Å². The number of benzene rings is 2. The summed E-state index contributed by atoms with van der Waals surface area (Å²) in [6, 6.07) is 12.8. The van der Waals surface area contributed by atoms with Gasteiger partial charge in [-0.3, -0.25) is 14.4 Å². The standard InChI is InChI=1S/C25H26N2O5/c1-15-7-3-6-10-21(15)26-22(28)16(2)32-25(31)17-11-13-18(14-12-17)27-23(29)19-8-4-5-9-20(19)24(27)30/h4-5,8-9,11-16,21H,3,6-7,10H2,1-2H3,(H,26,28). The third kappa shape index (κ3) is 4.15. The summed E-state index contributed by atoms with van der Waals surface area (Å²) in [5.41, 5.74) is 1.31. The number of amides is 3. The van der Waals surface area contributed by atoms with Crippen molar-refractivity contribution in [3.8, 4) is 0 Å². The molecular weight excluding hydrogens is 408 g/mol. The van der Waals surface area contributed by atoms with Crippen LogP contribution in [0.2, 0.25) is 0 Å². The lowest BCUT2D eigenvalue weighted by Gasteiger charge is -2.30. The Morgan fingerprint density at radius 3 is 2.16 bits per heavy atom. The number of imide groups is 1. The molecule has 166 valence electrons. The van der Waals surface area contributed by atoms with Crippen molar-refractivity contribution >= 4 is 29.4 Å². The maximum Gasteiger partial charge on any atom is 0.338 e. The van der Waals surface area contributed by atoms with Crippen LogP contribution in [0.5, 0.6) is 0 Å². The third-order valence-electron chi connectivity index (χ3n) is 6.25. The van der Waals surface area contributed by atoms with Crippen LogP contribution in [0.15, 0.2) is 48.5 Å². The van der Waals surface area contributed by atoms with Crippen LogP contribution in [0.1, 0.15) is 70.6 Å². The van der Waals surface area contributed by atoms with E-state index in [9.17, 15) is 19.2 Å². The Bertz CT molecular complexity index is 1030. The molecule has 3 atom stereocenters. The highest BCUT2D eigenvalue weighted by Crippen LogP contribution is 2.28. The summed E-state index contributed by atoms with van der Waals surface area (Å²) in [7, 11) is 0. The Hall–Kier alpha value is -3.48. The van der Waals surface area contributed by atoms with E-state index in [0.717, 1.165) is 24.2 Å². The number of anilines is 1. The largest absolute Gasteiger partial charge is 0.449 e. The van der Waals surface area contributed by atoms with Crippen LogP contribution in [-0.4, -0.2) is 35.8 Å². The van der Waals surface area contributed by atoms with E-state index in [1.165, 1.54) is 30.7 Å². The Labute approximate surface area is 186 Å². The Morgan fingerprint density at radius 1 is 0.969 bits per heavy atom. The van der Waals surface area contributed by atoms with Crippen molar-refractivity contribution in [2.24, 2.45) is 5.92 Å². The molecule has 1 N–H and O–H groups in total. The molecule has 1 aliphatic carbocycles. The smallest absolute Gasteiger partial charge is 0.338 e. The molecule has 1 fully saturated rings. The lowest BCUT2D eigenvalue weighted by atomic mass is 9.86. The van der Waals surface area contributed by atoms with Gasteiger partial charge in [-0.05, 0) is 62.1 Å². The fourth-order valence-corrected chi connectivity index (χ4v) is 4.28. The zero-order valence-electron chi connectivity index (χ0n) is 18.2. The monoisotopic (exact) mass is 434 g/mol. The molecule has 1 saturated carbocycles. The maximum atomic E-state index is 12.6. The fourth-order valence-electron chi connectivity index (χ4n) is 4.28. The summed E-state index contributed by atoms with van der Waals surface area (Å²) >= 11 is 0. The molecule has 32 heavy (non-hydrogen) atoms. The van der Waals surface area contributed by atoms with Crippen molar-refractivity contribution in [3.63, 3.8) is 0 Å². The van der Waals surface area contributed by atoms with E-state index in [4.69, 9.17) is 4.74 Å². The van der Waals surface area contributed by atoms with Gasteiger partial charge in [0.2, 0.25) is 0 Å². The number of carbonyl (C=O) groups excluding carboxylic acids is 4. The highest BCUT2D eigenvalue weighted by atomic mass is 16.5. The van der Waals surface area contributed by atoms with Crippen LogP contribution in [0.25, 0.3) is 0 Å². The number of nitrogens with zero attached hydrogens (tertiary/aromatic N) is 1. The number of esters is 1. The molecule has 0 spiro atoms. The first-order valence-corrected chi connectivity index (χ1v) is 11.0. The minimum Gasteiger partial charge on any atom is -0.449 e. The molecule has 1 heterocycles. The van der Waals surface area contributed by atoms with Gasteiger partial charge in [-0.15, -0.1) is 0 Å². The lowest BCUT2D eigenvalue weighted by Crippen LogP contribution is -2.45. The number of hydrogen-bond acceptors (Lipinski definition) is 5. The second-order valence-electron chi connectivity index (χ2n) is 8.46. The molecule has 4 rings (SSSR count). The lowest BCUT2D eigenvalue weighted by molar-refractivity contribution is -0.130. The van der Waals surface area contributed by atoms with Gasteiger partial charge in [0.1, 0.15) is 0 Å². The van der Waals surface area contributed by atoms with E-state index in [1.807, 2.05) is 0 Å². The Balaban J connectivity index is 1.39. The predicted molar refractivity (Wildman–Crippen MR) is 118 cm³/mol. The van der Waals surface area contributed by atoms with Gasteiger partial charge in [0.25, 0.3) is 17.7 Å². The first-order chi connectivity index (χ1) is 15.4. The van der Waals surface area contributed by atoms with E-state index in [2.05, 4.69) is 12.2 Å². The quantitative estimate of drug-likeness (QED) is 0.572. The second kappa shape index (κ2) is 8.94. The van der Waals surface area contributed by atoms with Gasteiger partial charge >= 0.3 is 5.97 Å². The SMILES string of the molecule is CC(OC(=O)c1ccc(N2C(=O)c3ccccc3C2=O)cc1)C(=O)NC1CCCCC1C. The molecule has 7 heteroatoms. The minimum absolute atomic E-state index is 0.108. The number of fused-ring (bicyclic) bond motifs is 1. The first-order valence-electron chi connectivity index (χ1n) is 11.0. The van der Waals surface area contributed by atoms with Gasteiger partial charge in [0.05, 0.1) is 22.4 Å². The van der Waals surface area contributed by atoms with E-state index in [1.54, 1.807) is 31.2 Å². The van der Waals surface area contributed by atoms with Crippen molar-refractivity contribution in [2.75, 3.05) is 4.90 Å². The van der Waals surface area contributed by atoms with Gasteiger partial charge in [-0.1, -0.05) is 31.9 Å². The average Bonchev–Trinajstić information content (AvgIpc) is 3.05. The molecule has 0 bridgehead atoms. The Kier molecular flexibility index (Phi) is 6.08. The summed E-state index contributed by atoms with van der Waals surface area (Å²) in [4.78, 5) is 51.3. The van der Waals surface area contributed by atoms with Crippen molar-refractivity contribution in [1.82, 2.24) is 5.32 Å². The highest BCUT2D eigenvalue weighted by molar-refractivity contribution is 6.34. The maximum absolute atomic E-state index is 12.6. The number of hydrogen-bond donors (Lipinski definition) is 1. The van der Waals surface area contributed by atoms with Gasteiger partial charge in [0, 0.05) is 6.04 Å². The first kappa shape index (κ1) is 21.7. The number of ether oxygens (including phenoxy) is 1. The van der Waals surface area contributed by atoms with E-state index < -0.39 is 23.9 Å². The van der Waals surface area contributed by atoms with Crippen LogP contribution >= 0.6 is 0 Å². The summed E-state index contributed by atoms with van der Waals surface area (Å²) in [5.74, 6) is -1.34. The zero-order valence-corrected chi connectivity index (χ0v) is 18.2. The molecule has 1 aliphatic heterocycles. The number of rotatable bonds is 5. The molecule has 2 aromatic carbocycles. The fraction of sp³-hybridized carbons (Fsp3) is 0.360. The molecule has 0 aromatic heterocycles. The normalized spacial score (nSPS) is 21.1. The van der Waals surface area contributed by atoms with Gasteiger partial charge in [0.15, 0.2) is 6.10 Å². The average molecular weight is 434 g/mol. The summed E-state index contributed by atoms with van der Waals surface area (Å²) in [5, 5.41) is 2.99. The Morgan fingerprint density at radius 2 is 1.56 bits per heavy atom. The van der Waals surface area contributed by atoms with Crippen LogP contribution < -0.4 is 10.2 Å². The summed E-state index contributed by atoms with van der Waals surface area (Å²) in [6.07, 6.45) is 3.36. The molecule has 0 radical (unpaired) electrons. The molecule has 0 saturated heterocycles. The molecule has 2 aliphatic rings. The van der Waals surface area contributed by atoms with Gasteiger partial charge in [-0.2, -0.15) is 0 Å².